The molecule has 1 heterocycles. The van der Waals surface area contributed by atoms with E-state index in [2.05, 4.69) is 10.6 Å². The number of carbonyl (C=O) groups excluding carboxylic acids is 1. The molecule has 0 atom stereocenters. The van der Waals surface area contributed by atoms with E-state index in [1.165, 1.54) is 12.1 Å². The quantitative estimate of drug-likeness (QED) is 0.280. The van der Waals surface area contributed by atoms with Gasteiger partial charge in [-0.25, -0.2) is 9.18 Å². The summed E-state index contributed by atoms with van der Waals surface area (Å²) in [6.07, 6.45) is 0.981. The topological polar surface area (TPSA) is 99.0 Å². The highest BCUT2D eigenvalue weighted by Crippen LogP contribution is 2.18. The zero-order valence-corrected chi connectivity index (χ0v) is 16.5. The lowest BCUT2D eigenvalue weighted by Crippen LogP contribution is -2.31. The first-order chi connectivity index (χ1) is 14.2. The molecular weight excluding hydrogens is 383 g/mol. The largest absolute Gasteiger partial charge is 0.422 e. The summed E-state index contributed by atoms with van der Waals surface area (Å²) < 4.78 is 33.5. The Morgan fingerprint density at radius 3 is 2.41 bits per heavy atom. The van der Waals surface area contributed by atoms with Crippen LogP contribution >= 0.6 is 0 Å². The molecule has 0 saturated carbocycles. The summed E-state index contributed by atoms with van der Waals surface area (Å²) in [5.74, 6) is -0.542. The maximum atomic E-state index is 12.3. The number of ether oxygens (including phenoxy) is 3. The summed E-state index contributed by atoms with van der Waals surface area (Å²) in [4.78, 5) is 24.3. The van der Waals surface area contributed by atoms with Gasteiger partial charge in [-0.05, 0) is 24.6 Å². The van der Waals surface area contributed by atoms with Gasteiger partial charge in [0.05, 0.1) is 33.0 Å². The Kier molecular flexibility index (Phi) is 10.1. The predicted molar refractivity (Wildman–Crippen MR) is 107 cm³/mol. The summed E-state index contributed by atoms with van der Waals surface area (Å²) in [5, 5.41) is 5.66. The van der Waals surface area contributed by atoms with Gasteiger partial charge >= 0.3 is 5.63 Å². The molecule has 0 radical (unpaired) electrons. The maximum absolute atomic E-state index is 12.3. The Balaban J connectivity index is 1.71. The Hall–Kier alpha value is -2.49. The maximum Gasteiger partial charge on any atom is 0.349 e. The zero-order valence-electron chi connectivity index (χ0n) is 16.5. The van der Waals surface area contributed by atoms with E-state index in [9.17, 15) is 14.0 Å². The summed E-state index contributed by atoms with van der Waals surface area (Å²) in [6.45, 7) is 4.49. The second-order valence-electron chi connectivity index (χ2n) is 6.10. The first-order valence-electron chi connectivity index (χ1n) is 9.55. The van der Waals surface area contributed by atoms with E-state index in [0.29, 0.717) is 44.1 Å². The molecule has 160 valence electrons. The summed E-state index contributed by atoms with van der Waals surface area (Å²) in [5.41, 5.74) is -0.102. The van der Waals surface area contributed by atoms with Gasteiger partial charge in [-0.3, -0.25) is 4.79 Å². The Morgan fingerprint density at radius 2 is 1.72 bits per heavy atom. The third-order valence-electron chi connectivity index (χ3n) is 3.88. The summed E-state index contributed by atoms with van der Waals surface area (Å²) in [7, 11) is 0. The summed E-state index contributed by atoms with van der Waals surface area (Å²) in [6, 6.07) is 6.23. The number of benzene rings is 1. The van der Waals surface area contributed by atoms with Crippen LogP contribution in [-0.2, 0) is 14.2 Å². The molecule has 9 heteroatoms. The Bertz CT molecular complexity index is 826. The van der Waals surface area contributed by atoms with Crippen LogP contribution in [0.15, 0.2) is 33.5 Å². The van der Waals surface area contributed by atoms with Crippen molar-refractivity contribution in [3.05, 3.63) is 40.2 Å². The highest BCUT2D eigenvalue weighted by molar-refractivity contribution is 5.96. The van der Waals surface area contributed by atoms with E-state index in [1.54, 1.807) is 12.1 Å². The highest BCUT2D eigenvalue weighted by atomic mass is 19.1. The normalized spacial score (nSPS) is 11.0. The molecule has 0 bridgehead atoms. The predicted octanol–water partition coefficient (Wildman–Crippen LogP) is 2.32. The number of hydrogen-bond acceptors (Lipinski definition) is 7. The molecule has 0 spiro atoms. The van der Waals surface area contributed by atoms with Crippen molar-refractivity contribution in [2.24, 2.45) is 0 Å². The number of carbonyl (C=O) groups is 1. The first-order valence-corrected chi connectivity index (χ1v) is 9.55. The molecule has 1 aromatic carbocycles. The van der Waals surface area contributed by atoms with E-state index in [4.69, 9.17) is 18.6 Å². The number of alkyl halides is 1. The van der Waals surface area contributed by atoms with E-state index in [-0.39, 0.29) is 17.7 Å². The van der Waals surface area contributed by atoms with E-state index in [0.717, 1.165) is 13.0 Å². The molecule has 2 N–H and O–H groups in total. The van der Waals surface area contributed by atoms with Crippen molar-refractivity contribution in [2.45, 2.75) is 13.3 Å². The second-order valence-corrected chi connectivity index (χ2v) is 6.10. The molecule has 2 aromatic rings. The van der Waals surface area contributed by atoms with Crippen molar-refractivity contribution in [3.63, 3.8) is 0 Å². The van der Waals surface area contributed by atoms with Gasteiger partial charge in [-0.15, -0.1) is 0 Å². The number of nitrogens with one attached hydrogen (secondary N) is 2. The van der Waals surface area contributed by atoms with Crippen molar-refractivity contribution in [1.29, 1.82) is 0 Å². The molecule has 0 aliphatic heterocycles. The molecule has 0 unspecified atom stereocenters. The van der Waals surface area contributed by atoms with E-state index in [1.807, 2.05) is 6.92 Å². The fraction of sp³-hybridized carbons (Fsp3) is 0.500. The molecule has 2 rings (SSSR count). The number of amides is 1. The number of rotatable bonds is 14. The van der Waals surface area contributed by atoms with Crippen molar-refractivity contribution < 1.29 is 27.8 Å². The van der Waals surface area contributed by atoms with Gasteiger partial charge in [0.1, 0.15) is 11.1 Å². The van der Waals surface area contributed by atoms with Gasteiger partial charge in [0.25, 0.3) is 5.91 Å². The van der Waals surface area contributed by atoms with Gasteiger partial charge in [0.15, 0.2) is 6.80 Å². The Morgan fingerprint density at radius 1 is 1.03 bits per heavy atom. The third-order valence-corrected chi connectivity index (χ3v) is 3.88. The van der Waals surface area contributed by atoms with Crippen LogP contribution in [0.25, 0.3) is 11.0 Å². The molecular formula is C20H27FN2O6. The van der Waals surface area contributed by atoms with Crippen molar-refractivity contribution in [3.8, 4) is 0 Å². The number of fused-ring (bicyclic) bond motifs is 1. The van der Waals surface area contributed by atoms with Crippen LogP contribution in [0.2, 0.25) is 0 Å². The second kappa shape index (κ2) is 12.9. The molecule has 0 aliphatic rings. The molecule has 1 aromatic heterocycles. The third kappa shape index (κ3) is 7.80. The van der Waals surface area contributed by atoms with Crippen LogP contribution in [-0.4, -0.2) is 58.9 Å². The van der Waals surface area contributed by atoms with Gasteiger partial charge in [-0.1, -0.05) is 6.92 Å². The Labute approximate surface area is 168 Å². The van der Waals surface area contributed by atoms with Crippen LogP contribution in [0, 0.1) is 0 Å². The average Bonchev–Trinajstić information content (AvgIpc) is 2.71. The van der Waals surface area contributed by atoms with Crippen molar-refractivity contribution in [2.75, 3.05) is 58.3 Å². The van der Waals surface area contributed by atoms with Crippen molar-refractivity contribution >= 4 is 22.6 Å². The van der Waals surface area contributed by atoms with Crippen LogP contribution in [0.5, 0.6) is 0 Å². The fourth-order valence-corrected chi connectivity index (χ4v) is 2.47. The SMILES string of the molecule is CCCOCCOCCOCCNC(=O)c1cc2ccc(NCF)cc2oc1=O. The lowest BCUT2D eigenvalue weighted by Gasteiger charge is -2.08. The van der Waals surface area contributed by atoms with Gasteiger partial charge in [-0.2, -0.15) is 0 Å². The molecule has 1 amide bonds. The number of anilines is 1. The van der Waals surface area contributed by atoms with Gasteiger partial charge in [0, 0.05) is 30.3 Å². The minimum Gasteiger partial charge on any atom is -0.422 e. The number of halogens is 1. The standard InChI is InChI=1S/C20H27FN2O6/c1-2-6-26-8-10-28-11-9-27-7-5-22-19(24)17-12-15-3-4-16(23-14-21)13-18(15)29-20(17)25/h3-4,12-13,23H,2,5-11,14H2,1H3,(H,22,24). The van der Waals surface area contributed by atoms with Gasteiger partial charge in [0.2, 0.25) is 0 Å². The van der Waals surface area contributed by atoms with Crippen LogP contribution in [0.4, 0.5) is 10.1 Å². The fourth-order valence-electron chi connectivity index (χ4n) is 2.47. The lowest BCUT2D eigenvalue weighted by molar-refractivity contribution is 0.0152. The minimum absolute atomic E-state index is 0.0980. The van der Waals surface area contributed by atoms with Crippen LogP contribution in [0.1, 0.15) is 23.7 Å². The van der Waals surface area contributed by atoms with E-state index >= 15 is 0 Å². The molecule has 0 fully saturated rings. The van der Waals surface area contributed by atoms with Crippen molar-refractivity contribution in [1.82, 2.24) is 5.32 Å². The number of hydrogen-bond donors (Lipinski definition) is 2. The molecule has 0 aliphatic carbocycles. The van der Waals surface area contributed by atoms with Crippen LogP contribution < -0.4 is 16.3 Å². The lowest BCUT2D eigenvalue weighted by atomic mass is 10.1. The zero-order chi connectivity index (χ0) is 20.9. The summed E-state index contributed by atoms with van der Waals surface area (Å²) >= 11 is 0. The minimum atomic E-state index is -0.757. The first kappa shape index (κ1) is 22.8. The smallest absolute Gasteiger partial charge is 0.349 e. The molecule has 29 heavy (non-hydrogen) atoms. The van der Waals surface area contributed by atoms with Crippen LogP contribution in [0.3, 0.4) is 0 Å². The monoisotopic (exact) mass is 410 g/mol. The molecule has 8 nitrogen and oxygen atoms in total. The van der Waals surface area contributed by atoms with E-state index < -0.39 is 18.3 Å². The highest BCUT2D eigenvalue weighted by Gasteiger charge is 2.13. The van der Waals surface area contributed by atoms with Gasteiger partial charge < -0.3 is 29.3 Å². The average molecular weight is 410 g/mol. The molecule has 0 saturated heterocycles.